The normalized spacial score (nSPS) is 17.6. The van der Waals surface area contributed by atoms with Crippen molar-refractivity contribution in [3.63, 3.8) is 0 Å². The van der Waals surface area contributed by atoms with Crippen LogP contribution in [0.5, 0.6) is 0 Å². The van der Waals surface area contributed by atoms with E-state index in [1.165, 1.54) is 30.6 Å². The molecule has 2 rings (SSSR count). The van der Waals surface area contributed by atoms with Gasteiger partial charge in [0.2, 0.25) is 0 Å². The zero-order valence-corrected chi connectivity index (χ0v) is 9.48. The third kappa shape index (κ3) is 2.50. The predicted molar refractivity (Wildman–Crippen MR) is 63.1 cm³/mol. The van der Waals surface area contributed by atoms with Crippen molar-refractivity contribution in [2.24, 2.45) is 0 Å². The Morgan fingerprint density at radius 2 is 2.13 bits per heavy atom. The molecule has 3 nitrogen and oxygen atoms in total. The number of amides is 1. The molecule has 0 bridgehead atoms. The number of nitrogens with two attached hydrogens (primary N) is 1. The van der Waals surface area contributed by atoms with Crippen molar-refractivity contribution in [2.75, 3.05) is 5.73 Å². The SMILES string of the molecule is Nc1sccc1C(=O)NC1CCCCC1. The molecule has 1 fully saturated rings. The van der Waals surface area contributed by atoms with Crippen molar-refractivity contribution in [1.82, 2.24) is 5.32 Å². The molecule has 1 heterocycles. The number of carbonyl (C=O) groups excluding carboxylic acids is 1. The second-order valence-electron chi connectivity index (χ2n) is 4.01. The Bertz CT molecular complexity index is 342. The van der Waals surface area contributed by atoms with Crippen LogP contribution >= 0.6 is 11.3 Å². The van der Waals surface area contributed by atoms with Crippen molar-refractivity contribution >= 4 is 22.2 Å². The maximum atomic E-state index is 11.8. The molecule has 1 aliphatic carbocycles. The summed E-state index contributed by atoms with van der Waals surface area (Å²) >= 11 is 1.41. The fraction of sp³-hybridized carbons (Fsp3) is 0.545. The van der Waals surface area contributed by atoms with Gasteiger partial charge in [0.25, 0.3) is 5.91 Å². The van der Waals surface area contributed by atoms with E-state index in [0.29, 0.717) is 16.6 Å². The van der Waals surface area contributed by atoms with Crippen molar-refractivity contribution < 1.29 is 4.79 Å². The third-order valence-corrected chi connectivity index (χ3v) is 3.63. The summed E-state index contributed by atoms with van der Waals surface area (Å²) in [4.78, 5) is 11.8. The van der Waals surface area contributed by atoms with E-state index < -0.39 is 0 Å². The zero-order chi connectivity index (χ0) is 10.7. The van der Waals surface area contributed by atoms with E-state index in [1.807, 2.05) is 5.38 Å². The fourth-order valence-corrected chi connectivity index (χ4v) is 2.66. The Kier molecular flexibility index (Phi) is 3.26. The van der Waals surface area contributed by atoms with Crippen LogP contribution in [-0.4, -0.2) is 11.9 Å². The molecule has 1 aromatic rings. The van der Waals surface area contributed by atoms with Crippen LogP contribution in [0.15, 0.2) is 11.4 Å². The summed E-state index contributed by atoms with van der Waals surface area (Å²) in [5, 5.41) is 5.52. The first-order valence-corrected chi connectivity index (χ1v) is 6.29. The molecule has 0 aliphatic heterocycles. The molecule has 1 aromatic heterocycles. The van der Waals surface area contributed by atoms with Gasteiger partial charge in [-0.3, -0.25) is 4.79 Å². The van der Waals surface area contributed by atoms with Crippen LogP contribution in [0.2, 0.25) is 0 Å². The van der Waals surface area contributed by atoms with Crippen LogP contribution in [-0.2, 0) is 0 Å². The summed E-state index contributed by atoms with van der Waals surface area (Å²) in [7, 11) is 0. The average Bonchev–Trinajstić information content (AvgIpc) is 2.66. The van der Waals surface area contributed by atoms with Crippen molar-refractivity contribution in [3.8, 4) is 0 Å². The van der Waals surface area contributed by atoms with E-state index in [9.17, 15) is 4.79 Å². The quantitative estimate of drug-likeness (QED) is 0.810. The highest BCUT2D eigenvalue weighted by molar-refractivity contribution is 7.14. The smallest absolute Gasteiger partial charge is 0.254 e. The molecule has 0 radical (unpaired) electrons. The van der Waals surface area contributed by atoms with E-state index in [2.05, 4.69) is 5.32 Å². The molecule has 1 saturated carbocycles. The van der Waals surface area contributed by atoms with Gasteiger partial charge in [0.05, 0.1) is 10.6 Å². The van der Waals surface area contributed by atoms with Gasteiger partial charge in [0, 0.05) is 6.04 Å². The summed E-state index contributed by atoms with van der Waals surface area (Å²) in [6.45, 7) is 0. The van der Waals surface area contributed by atoms with E-state index >= 15 is 0 Å². The maximum absolute atomic E-state index is 11.8. The molecule has 4 heteroatoms. The maximum Gasteiger partial charge on any atom is 0.254 e. The molecule has 0 saturated heterocycles. The topological polar surface area (TPSA) is 55.1 Å². The third-order valence-electron chi connectivity index (χ3n) is 2.88. The first kappa shape index (κ1) is 10.5. The van der Waals surface area contributed by atoms with E-state index in [4.69, 9.17) is 5.73 Å². The van der Waals surface area contributed by atoms with Crippen molar-refractivity contribution in [3.05, 3.63) is 17.0 Å². The average molecular weight is 224 g/mol. The number of hydrogen-bond acceptors (Lipinski definition) is 3. The highest BCUT2D eigenvalue weighted by Gasteiger charge is 2.18. The summed E-state index contributed by atoms with van der Waals surface area (Å²) in [5.41, 5.74) is 6.33. The summed E-state index contributed by atoms with van der Waals surface area (Å²) < 4.78 is 0. The lowest BCUT2D eigenvalue weighted by Gasteiger charge is -2.22. The lowest BCUT2D eigenvalue weighted by molar-refractivity contribution is 0.0929. The second kappa shape index (κ2) is 4.66. The molecule has 82 valence electrons. The number of anilines is 1. The molecule has 15 heavy (non-hydrogen) atoms. The van der Waals surface area contributed by atoms with Crippen molar-refractivity contribution in [1.29, 1.82) is 0 Å². The summed E-state index contributed by atoms with van der Waals surface area (Å²) in [5.74, 6) is -0.0133. The standard InChI is InChI=1S/C11H16N2OS/c12-10-9(6-7-15-10)11(14)13-8-4-2-1-3-5-8/h6-8H,1-5,12H2,(H,13,14). The number of hydrogen-bond donors (Lipinski definition) is 2. The first-order valence-electron chi connectivity index (χ1n) is 5.41. The predicted octanol–water partition coefficient (Wildman–Crippen LogP) is 2.39. The van der Waals surface area contributed by atoms with Crippen LogP contribution in [0.1, 0.15) is 42.5 Å². The monoisotopic (exact) mass is 224 g/mol. The van der Waals surface area contributed by atoms with Gasteiger partial charge < -0.3 is 11.1 Å². The number of carbonyl (C=O) groups is 1. The zero-order valence-electron chi connectivity index (χ0n) is 8.66. The van der Waals surface area contributed by atoms with E-state index in [-0.39, 0.29) is 5.91 Å². The molecule has 0 unspecified atom stereocenters. The lowest BCUT2D eigenvalue weighted by Crippen LogP contribution is -2.36. The van der Waals surface area contributed by atoms with Gasteiger partial charge in [0.1, 0.15) is 0 Å². The van der Waals surface area contributed by atoms with Crippen LogP contribution in [0.4, 0.5) is 5.00 Å². The molecule has 1 amide bonds. The Hall–Kier alpha value is -1.03. The molecular formula is C11H16N2OS. The van der Waals surface area contributed by atoms with Gasteiger partial charge in [-0.2, -0.15) is 0 Å². The van der Waals surface area contributed by atoms with Gasteiger partial charge in [0.15, 0.2) is 0 Å². The molecule has 0 atom stereocenters. The van der Waals surface area contributed by atoms with Crippen LogP contribution in [0.3, 0.4) is 0 Å². The minimum absolute atomic E-state index is 0.0133. The van der Waals surface area contributed by atoms with Crippen LogP contribution in [0.25, 0.3) is 0 Å². The first-order chi connectivity index (χ1) is 7.27. The molecular weight excluding hydrogens is 208 g/mol. The second-order valence-corrected chi connectivity index (χ2v) is 4.95. The fourth-order valence-electron chi connectivity index (χ4n) is 2.02. The Balaban J connectivity index is 1.94. The highest BCUT2D eigenvalue weighted by Crippen LogP contribution is 2.21. The lowest BCUT2D eigenvalue weighted by atomic mass is 9.95. The summed E-state index contributed by atoms with van der Waals surface area (Å²) in [6.07, 6.45) is 5.96. The van der Waals surface area contributed by atoms with E-state index in [0.717, 1.165) is 12.8 Å². The summed E-state index contributed by atoms with van der Waals surface area (Å²) in [6, 6.07) is 2.14. The van der Waals surface area contributed by atoms with Gasteiger partial charge in [-0.1, -0.05) is 19.3 Å². The number of thiophene rings is 1. The van der Waals surface area contributed by atoms with Gasteiger partial charge in [-0.05, 0) is 24.3 Å². The molecule has 0 spiro atoms. The molecule has 1 aliphatic rings. The van der Waals surface area contributed by atoms with E-state index in [1.54, 1.807) is 6.07 Å². The Morgan fingerprint density at radius 3 is 2.73 bits per heavy atom. The number of nitrogens with one attached hydrogen (secondary N) is 1. The molecule has 0 aromatic carbocycles. The van der Waals surface area contributed by atoms with Crippen LogP contribution < -0.4 is 11.1 Å². The van der Waals surface area contributed by atoms with Crippen LogP contribution in [0, 0.1) is 0 Å². The van der Waals surface area contributed by atoms with Gasteiger partial charge in [-0.15, -0.1) is 11.3 Å². The minimum Gasteiger partial charge on any atom is -0.390 e. The minimum atomic E-state index is -0.0133. The largest absolute Gasteiger partial charge is 0.390 e. The Morgan fingerprint density at radius 1 is 1.40 bits per heavy atom. The number of nitrogen functional groups attached to an aromatic ring is 1. The van der Waals surface area contributed by atoms with Crippen molar-refractivity contribution in [2.45, 2.75) is 38.1 Å². The Labute approximate surface area is 93.7 Å². The number of rotatable bonds is 2. The van der Waals surface area contributed by atoms with Gasteiger partial charge >= 0.3 is 0 Å². The van der Waals surface area contributed by atoms with Gasteiger partial charge in [-0.25, -0.2) is 0 Å². The molecule has 3 N–H and O–H groups in total. The highest BCUT2D eigenvalue weighted by atomic mass is 32.1.